The predicted molar refractivity (Wildman–Crippen MR) is 51.4 cm³/mol. The smallest absolute Gasteiger partial charge is 0.273 e. The summed E-state index contributed by atoms with van der Waals surface area (Å²) in [6.07, 6.45) is 0. The first-order valence-corrected chi connectivity index (χ1v) is 4.94. The zero-order valence-electron chi connectivity index (χ0n) is 6.69. The Morgan fingerprint density at radius 1 is 1.62 bits per heavy atom. The van der Waals surface area contributed by atoms with E-state index in [1.807, 2.05) is 0 Å². The average Bonchev–Trinajstić information content (AvgIpc) is 2.16. The lowest BCUT2D eigenvalue weighted by atomic mass is 10.3. The van der Waals surface area contributed by atoms with E-state index in [9.17, 15) is 10.1 Å². The van der Waals surface area contributed by atoms with E-state index in [1.54, 1.807) is 6.07 Å². The van der Waals surface area contributed by atoms with Crippen LogP contribution in [0.1, 0.15) is 0 Å². The summed E-state index contributed by atoms with van der Waals surface area (Å²) in [5, 5.41) is 10.4. The van der Waals surface area contributed by atoms with Crippen LogP contribution in [-0.2, 0) is 0 Å². The lowest BCUT2D eigenvalue weighted by molar-refractivity contribution is -0.385. The van der Waals surface area contributed by atoms with Crippen LogP contribution >= 0.6 is 21.7 Å². The summed E-state index contributed by atoms with van der Waals surface area (Å²) in [7, 11) is 7.91. The Morgan fingerprint density at radius 2 is 2.31 bits per heavy atom. The molecule has 0 saturated heterocycles. The Labute approximate surface area is 83.5 Å². The second-order valence-corrected chi connectivity index (χ2v) is 3.23. The highest BCUT2D eigenvalue weighted by Crippen LogP contribution is 2.34. The van der Waals surface area contributed by atoms with E-state index < -0.39 is 4.92 Å². The quantitative estimate of drug-likeness (QED) is 0.580. The molecule has 0 saturated carbocycles. The summed E-state index contributed by atoms with van der Waals surface area (Å²) in [4.78, 5) is 10.6. The minimum absolute atomic E-state index is 0.00804. The number of halogens is 1. The Balaban J connectivity index is 3.13. The van der Waals surface area contributed by atoms with E-state index in [0.29, 0.717) is 10.6 Å². The van der Waals surface area contributed by atoms with Crippen molar-refractivity contribution in [3.8, 4) is 5.75 Å². The molecule has 0 spiro atoms. The zero-order chi connectivity index (χ0) is 9.84. The summed E-state index contributed by atoms with van der Waals surface area (Å²) in [5.74, 6) is 0.411. The Bertz CT molecular complexity index is 332. The summed E-state index contributed by atoms with van der Waals surface area (Å²) in [6, 6.07) is 4.27. The molecule has 0 bridgehead atoms. The molecule has 0 amide bonds. The summed E-state index contributed by atoms with van der Waals surface area (Å²) >= 11 is 0. The van der Waals surface area contributed by atoms with Crippen molar-refractivity contribution in [2.24, 2.45) is 0 Å². The highest BCUT2D eigenvalue weighted by atomic mass is 35.7. The summed E-state index contributed by atoms with van der Waals surface area (Å²) in [6.45, 7) is 0. The van der Waals surface area contributed by atoms with Gasteiger partial charge in [-0.3, -0.25) is 10.1 Å². The number of non-ortho nitro benzene ring substituents is 1. The predicted octanol–water partition coefficient (Wildman–Crippen LogP) is 2.85. The Hall–Kier alpha value is -0.940. The first kappa shape index (κ1) is 10.1. The van der Waals surface area contributed by atoms with Crippen LogP contribution in [0, 0.1) is 10.1 Å². The third kappa shape index (κ3) is 2.26. The highest BCUT2D eigenvalue weighted by Gasteiger charge is 2.10. The number of benzene rings is 1. The lowest BCUT2D eigenvalue weighted by Gasteiger charge is -2.03. The molecule has 6 heteroatoms. The number of hydrogen-bond donors (Lipinski definition) is 0. The molecule has 4 nitrogen and oxygen atoms in total. The Morgan fingerprint density at radius 3 is 2.77 bits per heavy atom. The number of hydrogen-bond acceptors (Lipinski definition) is 4. The maximum absolute atomic E-state index is 10.4. The second-order valence-electron chi connectivity index (χ2n) is 2.17. The van der Waals surface area contributed by atoms with E-state index in [4.69, 9.17) is 15.4 Å². The van der Waals surface area contributed by atoms with Crippen LogP contribution in [-0.4, -0.2) is 12.0 Å². The highest BCUT2D eigenvalue weighted by molar-refractivity contribution is 8.21. The topological polar surface area (TPSA) is 52.4 Å². The van der Waals surface area contributed by atoms with Gasteiger partial charge in [0.15, 0.2) is 0 Å². The van der Waals surface area contributed by atoms with Gasteiger partial charge in [-0.25, -0.2) is 0 Å². The van der Waals surface area contributed by atoms with Crippen molar-refractivity contribution >= 4 is 27.3 Å². The normalized spacial score (nSPS) is 9.69. The third-order valence-corrected chi connectivity index (χ3v) is 2.44. The van der Waals surface area contributed by atoms with Crippen molar-refractivity contribution < 1.29 is 9.66 Å². The molecule has 1 aromatic rings. The lowest BCUT2D eigenvalue weighted by Crippen LogP contribution is -1.90. The van der Waals surface area contributed by atoms with Crippen LogP contribution in [0.15, 0.2) is 23.1 Å². The van der Waals surface area contributed by atoms with Crippen molar-refractivity contribution in [1.82, 2.24) is 0 Å². The largest absolute Gasteiger partial charge is 0.495 e. The minimum atomic E-state index is -0.481. The molecular weight excluding hydrogens is 214 g/mol. The van der Waals surface area contributed by atoms with Gasteiger partial charge in [0.1, 0.15) is 5.75 Å². The molecule has 0 aliphatic rings. The van der Waals surface area contributed by atoms with Crippen LogP contribution < -0.4 is 4.74 Å². The van der Waals surface area contributed by atoms with E-state index in [0.717, 1.165) is 11.0 Å². The second kappa shape index (κ2) is 4.34. The van der Waals surface area contributed by atoms with Crippen LogP contribution in [0.3, 0.4) is 0 Å². The van der Waals surface area contributed by atoms with Crippen LogP contribution in [0.2, 0.25) is 0 Å². The van der Waals surface area contributed by atoms with E-state index in [-0.39, 0.29) is 5.69 Å². The molecular formula is C7H6ClNO3S. The molecule has 0 atom stereocenters. The SMILES string of the molecule is COc1cc([N+](=O)[O-])ccc1SCl. The van der Waals surface area contributed by atoms with E-state index in [2.05, 4.69) is 0 Å². The molecule has 0 aromatic heterocycles. The molecule has 0 fully saturated rings. The number of methoxy groups -OCH3 is 1. The van der Waals surface area contributed by atoms with E-state index in [1.165, 1.54) is 19.2 Å². The van der Waals surface area contributed by atoms with Gasteiger partial charge in [-0.2, -0.15) is 0 Å². The minimum Gasteiger partial charge on any atom is -0.495 e. The number of rotatable bonds is 3. The molecule has 13 heavy (non-hydrogen) atoms. The standard InChI is InChI=1S/C7H6ClNO3S/c1-12-6-4-5(9(10)11)2-3-7(6)13-8/h2-4H,1H3. The molecule has 0 heterocycles. The van der Waals surface area contributed by atoms with Crippen molar-refractivity contribution in [3.05, 3.63) is 28.3 Å². The summed E-state index contributed by atoms with van der Waals surface area (Å²) in [5.41, 5.74) is -0.00804. The van der Waals surface area contributed by atoms with Gasteiger partial charge in [0, 0.05) is 6.07 Å². The fourth-order valence-electron chi connectivity index (χ4n) is 0.834. The van der Waals surface area contributed by atoms with Gasteiger partial charge in [-0.05, 0) is 27.7 Å². The fourth-order valence-corrected chi connectivity index (χ4v) is 1.55. The van der Waals surface area contributed by atoms with Crippen molar-refractivity contribution in [1.29, 1.82) is 0 Å². The van der Waals surface area contributed by atoms with Crippen molar-refractivity contribution in [2.75, 3.05) is 7.11 Å². The average molecular weight is 220 g/mol. The molecule has 0 N–H and O–H groups in total. The molecule has 0 radical (unpaired) electrons. The maximum Gasteiger partial charge on any atom is 0.273 e. The molecule has 70 valence electrons. The van der Waals surface area contributed by atoms with Gasteiger partial charge in [0.05, 0.1) is 23.0 Å². The molecule has 0 aliphatic heterocycles. The van der Waals surface area contributed by atoms with Crippen LogP contribution in [0.4, 0.5) is 5.69 Å². The molecule has 0 unspecified atom stereocenters. The van der Waals surface area contributed by atoms with Gasteiger partial charge in [-0.1, -0.05) is 0 Å². The summed E-state index contributed by atoms with van der Waals surface area (Å²) < 4.78 is 4.92. The Kier molecular flexibility index (Phi) is 3.39. The number of nitrogens with zero attached hydrogens (tertiary/aromatic N) is 1. The number of nitro groups is 1. The first-order chi connectivity index (χ1) is 6.19. The third-order valence-electron chi connectivity index (χ3n) is 1.44. The number of nitro benzene ring substituents is 1. The van der Waals surface area contributed by atoms with Gasteiger partial charge < -0.3 is 4.74 Å². The number of ether oxygens (including phenoxy) is 1. The van der Waals surface area contributed by atoms with Crippen LogP contribution in [0.5, 0.6) is 5.75 Å². The zero-order valence-corrected chi connectivity index (χ0v) is 8.26. The van der Waals surface area contributed by atoms with Crippen molar-refractivity contribution in [3.63, 3.8) is 0 Å². The fraction of sp³-hybridized carbons (Fsp3) is 0.143. The van der Waals surface area contributed by atoms with Gasteiger partial charge in [0.2, 0.25) is 0 Å². The van der Waals surface area contributed by atoms with Crippen LogP contribution in [0.25, 0.3) is 0 Å². The maximum atomic E-state index is 10.4. The molecule has 1 rings (SSSR count). The first-order valence-electron chi connectivity index (χ1n) is 3.30. The van der Waals surface area contributed by atoms with Gasteiger partial charge in [-0.15, -0.1) is 0 Å². The monoisotopic (exact) mass is 219 g/mol. The van der Waals surface area contributed by atoms with E-state index >= 15 is 0 Å². The van der Waals surface area contributed by atoms with Gasteiger partial charge in [0.25, 0.3) is 5.69 Å². The molecule has 1 aromatic carbocycles. The van der Waals surface area contributed by atoms with Gasteiger partial charge >= 0.3 is 0 Å². The molecule has 0 aliphatic carbocycles. The van der Waals surface area contributed by atoms with Crippen molar-refractivity contribution in [2.45, 2.75) is 4.90 Å².